The Morgan fingerprint density at radius 1 is 0.735 bits per heavy atom. The molecular weight excluding hydrogens is 1020 g/mol. The molecule has 1 aliphatic heterocycles. The van der Waals surface area contributed by atoms with Crippen LogP contribution in [0.3, 0.4) is 0 Å². The number of para-hydroxylation sites is 1. The van der Waals surface area contributed by atoms with Gasteiger partial charge in [-0.05, 0) is 74.9 Å². The Morgan fingerprint density at radius 2 is 1.44 bits per heavy atom. The molecule has 1 unspecified atom stereocenters. The van der Waals surface area contributed by atoms with Gasteiger partial charge in [0.05, 0.1) is 13.8 Å². The maximum Gasteiger partial charge on any atom is 3.00 e. The van der Waals surface area contributed by atoms with E-state index in [2.05, 4.69) is 196 Å². The molecule has 10 aromatic rings. The van der Waals surface area contributed by atoms with Crippen LogP contribution in [-0.4, -0.2) is 13.1 Å². The summed E-state index contributed by atoms with van der Waals surface area (Å²) in [5.41, 5.74) is 13.7. The van der Waals surface area contributed by atoms with Crippen molar-refractivity contribution in [2.45, 2.75) is 71.7 Å². The number of aromatic nitrogens is 1. The summed E-state index contributed by atoms with van der Waals surface area (Å²) in [6.45, 7) is 17.3. The molecule has 338 valence electrons. The van der Waals surface area contributed by atoms with Crippen molar-refractivity contribution in [2.24, 2.45) is 0 Å². The summed E-state index contributed by atoms with van der Waals surface area (Å²) in [6.07, 6.45) is 1.45. The van der Waals surface area contributed by atoms with Crippen LogP contribution in [0.4, 0.5) is 17.1 Å². The second-order valence-corrected chi connectivity index (χ2v) is 24.7. The number of nitrogens with zero attached hydrogens (tertiary/aromatic N) is 3. The van der Waals surface area contributed by atoms with Gasteiger partial charge >= 0.3 is 20.1 Å². The van der Waals surface area contributed by atoms with Crippen molar-refractivity contribution < 1.29 is 30.0 Å². The number of benzene rings is 8. The van der Waals surface area contributed by atoms with Crippen LogP contribution in [0.15, 0.2) is 186 Å². The quantitative estimate of drug-likeness (QED) is 0.118. The topological polar surface area (TPSA) is 43.4 Å². The molecule has 6 heteroatoms. The Morgan fingerprint density at radius 3 is 2.13 bits per heavy atom. The first-order chi connectivity index (χ1) is 33.8. The zero-order valence-electron chi connectivity index (χ0n) is 43.7. The van der Waals surface area contributed by atoms with Crippen LogP contribution in [0.25, 0.3) is 71.5 Å². The van der Waals surface area contributed by atoms with Crippen molar-refractivity contribution in [3.8, 4) is 33.5 Å². The van der Waals surface area contributed by atoms with Gasteiger partial charge in [0.25, 0.3) is 0 Å². The van der Waals surface area contributed by atoms with Gasteiger partial charge in [0.15, 0.2) is 0 Å². The molecule has 4 nitrogen and oxygen atoms in total. The predicted octanol–water partition coefficient (Wildman–Crippen LogP) is 17.2. The predicted molar refractivity (Wildman–Crippen MR) is 286 cm³/mol. The summed E-state index contributed by atoms with van der Waals surface area (Å²) >= 11 is 0. The summed E-state index contributed by atoms with van der Waals surface area (Å²) in [4.78, 5) is 6.94. The van der Waals surface area contributed by atoms with Crippen molar-refractivity contribution in [3.63, 3.8) is 0 Å². The van der Waals surface area contributed by atoms with Gasteiger partial charge in [0, 0.05) is 32.5 Å². The Balaban J connectivity index is 0.000000226. The van der Waals surface area contributed by atoms with Crippen molar-refractivity contribution in [2.75, 3.05) is 4.90 Å². The fraction of sp³-hybridized carbons (Fsp3) is 0.177. The van der Waals surface area contributed by atoms with Gasteiger partial charge in [-0.25, -0.2) is 0 Å². The molecule has 0 amide bonds. The monoisotopic (exact) mass is 1080 g/mol. The third kappa shape index (κ3) is 8.97. The van der Waals surface area contributed by atoms with Crippen molar-refractivity contribution in [1.29, 1.82) is 0 Å². The first-order valence-corrected chi connectivity index (χ1v) is 26.5. The van der Waals surface area contributed by atoms with Crippen LogP contribution in [0.2, 0.25) is 19.6 Å². The van der Waals surface area contributed by atoms with Crippen molar-refractivity contribution in [1.82, 2.24) is 4.98 Å². The van der Waals surface area contributed by atoms with Gasteiger partial charge in [-0.2, -0.15) is 18.2 Å². The van der Waals surface area contributed by atoms with E-state index >= 15 is 0 Å². The van der Waals surface area contributed by atoms with Crippen LogP contribution >= 0.6 is 0 Å². The van der Waals surface area contributed by atoms with Crippen LogP contribution in [0.5, 0.6) is 0 Å². The first-order valence-electron chi connectivity index (χ1n) is 25.0. The number of rotatable bonds is 7. The normalized spacial score (nSPS) is 14.5. The molecule has 0 aliphatic carbocycles. The first kappa shape index (κ1) is 41.6. The van der Waals surface area contributed by atoms with Gasteiger partial charge in [0.2, 0.25) is 0 Å². The van der Waals surface area contributed by atoms with Gasteiger partial charge in [-0.3, -0.25) is 0 Å². The van der Waals surface area contributed by atoms with E-state index < -0.39 is 14.0 Å². The molecule has 3 heterocycles. The van der Waals surface area contributed by atoms with E-state index in [0.717, 1.165) is 60.9 Å². The van der Waals surface area contributed by atoms with E-state index in [4.69, 9.17) is 15.2 Å². The Labute approximate surface area is 422 Å². The molecule has 2 aromatic heterocycles. The minimum atomic E-state index is -1.64. The minimum absolute atomic E-state index is 0. The molecule has 0 saturated heterocycles. The molecule has 1 aliphatic rings. The molecule has 0 fully saturated rings. The van der Waals surface area contributed by atoms with Gasteiger partial charge in [-0.15, -0.1) is 47.1 Å². The SMILES string of the molecule is CC(C)(C)c1cccc(-c2ccccc2)c1N1c2cc3ccccc3cc2[N-]C1c1[c-]ccc2c1oc1cc(-c3ccccc3)ccc12.[2H]c1[c-]c(-c2cc(C([2H])(C)C)c([Si](C)(C)C)cn2)cc([2H])c1[2H].[Ir+3]. The molecule has 68 heavy (non-hydrogen) atoms. The van der Waals surface area contributed by atoms with Gasteiger partial charge < -0.3 is 19.6 Å². The number of hydrogen-bond acceptors (Lipinski definition) is 3. The summed E-state index contributed by atoms with van der Waals surface area (Å²) < 4.78 is 38.4. The average molecular weight is 1080 g/mol. The average Bonchev–Trinajstić information content (AvgIpc) is 3.92. The number of pyridine rings is 1. The molecule has 11 rings (SSSR count). The molecule has 0 N–H and O–H groups in total. The summed E-state index contributed by atoms with van der Waals surface area (Å²) in [7, 11) is -1.64. The van der Waals surface area contributed by atoms with E-state index in [1.165, 1.54) is 39.1 Å². The second kappa shape index (κ2) is 18.8. The van der Waals surface area contributed by atoms with E-state index in [-0.39, 0.29) is 49.8 Å². The largest absolute Gasteiger partial charge is 3.00 e. The number of furan rings is 1. The van der Waals surface area contributed by atoms with Crippen LogP contribution < -0.4 is 10.1 Å². The second-order valence-electron chi connectivity index (χ2n) is 19.6. The molecular formula is C62H56IrN3OSi. The fourth-order valence-electron chi connectivity index (χ4n) is 9.32. The van der Waals surface area contributed by atoms with Crippen LogP contribution in [0, 0.1) is 12.1 Å². The molecule has 8 aromatic carbocycles. The Hall–Kier alpha value is -6.56. The van der Waals surface area contributed by atoms with E-state index in [1.54, 1.807) is 0 Å². The maximum atomic E-state index is 8.45. The van der Waals surface area contributed by atoms with Crippen LogP contribution in [-0.2, 0) is 25.5 Å². The third-order valence-corrected chi connectivity index (χ3v) is 14.7. The molecule has 0 radical (unpaired) electrons. The van der Waals surface area contributed by atoms with E-state index in [9.17, 15) is 0 Å². The van der Waals surface area contributed by atoms with Crippen LogP contribution in [0.1, 0.15) is 68.9 Å². The Kier molecular flexibility index (Phi) is 11.5. The summed E-state index contributed by atoms with van der Waals surface area (Å²) in [5.74, 6) is -0.754. The Bertz CT molecular complexity index is 3610. The van der Waals surface area contributed by atoms with Crippen molar-refractivity contribution >= 4 is 63.0 Å². The molecule has 1 atom stereocenters. The number of hydrogen-bond donors (Lipinski definition) is 0. The summed E-state index contributed by atoms with van der Waals surface area (Å²) in [6, 6.07) is 61.2. The standard InChI is InChI=1S/C45H34N2O.C17H22NSi.Ir/c1-45(2,3)38-23-13-20-34(30-16-8-5-9-17-30)42(38)47-40-27-32-19-11-10-18-31(32)26-39(40)46-44(47)37-22-12-21-36-35-25-24-33(28-41(35)48-43(36)37)29-14-6-4-7-15-29;1-13(2)15-11-16(14-9-7-6-8-10-14)18-12-17(15)19(3,4)5;/h4-21,23-28,44H,1-3H3;6-9,11-13H,1-5H3;/q-2;-1;+3/i;6D,7D,8D,13D;. The zero-order valence-corrected chi connectivity index (χ0v) is 43.1. The minimum Gasteiger partial charge on any atom is -0.661 e. The number of anilines is 2. The molecule has 0 bridgehead atoms. The zero-order chi connectivity index (χ0) is 50.0. The molecule has 0 spiro atoms. The maximum absolute atomic E-state index is 8.45. The fourth-order valence-corrected chi connectivity index (χ4v) is 10.9. The van der Waals surface area contributed by atoms with E-state index in [1.807, 2.05) is 38.2 Å². The van der Waals surface area contributed by atoms with Gasteiger partial charge in [0.1, 0.15) is 5.58 Å². The summed E-state index contributed by atoms with van der Waals surface area (Å²) in [5, 5.41) is 11.2. The van der Waals surface area contributed by atoms with Crippen molar-refractivity contribution in [3.05, 3.63) is 216 Å². The smallest absolute Gasteiger partial charge is 0.661 e. The number of fused-ring (bicyclic) bond motifs is 5. The third-order valence-electron chi connectivity index (χ3n) is 12.7. The van der Waals surface area contributed by atoms with Gasteiger partial charge in [-0.1, -0.05) is 193 Å². The molecule has 0 saturated carbocycles. The van der Waals surface area contributed by atoms with E-state index in [0.29, 0.717) is 11.3 Å².